The van der Waals surface area contributed by atoms with Gasteiger partial charge >= 0.3 is 0 Å². The van der Waals surface area contributed by atoms with Crippen LogP contribution in [0.25, 0.3) is 0 Å². The zero-order valence-electron chi connectivity index (χ0n) is 13.8. The molecule has 136 valence electrons. The standard InChI is InChI=1S/C18H18N2O6/c21-9-14-3-1-12(24-14)7-19-18(17-6-5-16(11-23)26-17)20-8-13-2-4-15(10-22)25-13/h1-8,18,21-23H,9-11H2/b19-7+,20-8+. The van der Waals surface area contributed by atoms with Crippen LogP contribution >= 0.6 is 0 Å². The van der Waals surface area contributed by atoms with Crippen LogP contribution in [0.2, 0.25) is 0 Å². The van der Waals surface area contributed by atoms with E-state index in [1.54, 1.807) is 36.4 Å². The fourth-order valence-electron chi connectivity index (χ4n) is 2.19. The minimum atomic E-state index is -0.722. The Labute approximate surface area is 148 Å². The molecule has 3 N–H and O–H groups in total. The zero-order chi connectivity index (χ0) is 18.4. The fraction of sp³-hybridized carbons (Fsp3) is 0.222. The second-order valence-electron chi connectivity index (χ2n) is 5.32. The number of aliphatic hydroxyl groups is 3. The Morgan fingerprint density at radius 3 is 1.58 bits per heavy atom. The first-order chi connectivity index (χ1) is 12.7. The molecule has 26 heavy (non-hydrogen) atoms. The maximum atomic E-state index is 9.16. The van der Waals surface area contributed by atoms with Gasteiger partial charge in [0.1, 0.15) is 48.6 Å². The molecule has 3 heterocycles. The molecule has 0 amide bonds. The maximum Gasteiger partial charge on any atom is 0.197 e. The van der Waals surface area contributed by atoms with Crippen molar-refractivity contribution in [2.24, 2.45) is 9.98 Å². The molecule has 3 aromatic rings. The molecule has 0 saturated carbocycles. The van der Waals surface area contributed by atoms with Crippen molar-refractivity contribution in [1.29, 1.82) is 0 Å². The van der Waals surface area contributed by atoms with Gasteiger partial charge in [-0.1, -0.05) is 0 Å². The number of aliphatic imine (C=N–C) groups is 2. The molecular weight excluding hydrogens is 340 g/mol. The average Bonchev–Trinajstić information content (AvgIpc) is 3.41. The van der Waals surface area contributed by atoms with Crippen molar-refractivity contribution in [3.63, 3.8) is 0 Å². The van der Waals surface area contributed by atoms with E-state index in [4.69, 9.17) is 28.6 Å². The van der Waals surface area contributed by atoms with Gasteiger partial charge in [-0.05, 0) is 36.4 Å². The summed E-state index contributed by atoms with van der Waals surface area (Å²) in [5.41, 5.74) is 0. The number of furan rings is 3. The summed E-state index contributed by atoms with van der Waals surface area (Å²) in [6.45, 7) is -0.617. The number of rotatable bonds is 8. The van der Waals surface area contributed by atoms with Crippen LogP contribution in [0.1, 0.15) is 40.7 Å². The van der Waals surface area contributed by atoms with Crippen LogP contribution in [-0.2, 0) is 19.8 Å². The van der Waals surface area contributed by atoms with E-state index in [2.05, 4.69) is 9.98 Å². The van der Waals surface area contributed by atoms with Gasteiger partial charge in [0.2, 0.25) is 0 Å². The molecule has 0 radical (unpaired) electrons. The summed E-state index contributed by atoms with van der Waals surface area (Å²) in [7, 11) is 0. The Hall–Kier alpha value is -2.94. The predicted molar refractivity (Wildman–Crippen MR) is 91.8 cm³/mol. The summed E-state index contributed by atoms with van der Waals surface area (Å²) in [4.78, 5) is 8.67. The Morgan fingerprint density at radius 2 is 1.15 bits per heavy atom. The molecule has 3 aromatic heterocycles. The third-order valence-electron chi connectivity index (χ3n) is 3.46. The molecule has 3 rings (SSSR count). The summed E-state index contributed by atoms with van der Waals surface area (Å²) in [6, 6.07) is 9.97. The van der Waals surface area contributed by atoms with Crippen molar-refractivity contribution in [2.45, 2.75) is 26.0 Å². The Balaban J connectivity index is 1.83. The van der Waals surface area contributed by atoms with Crippen molar-refractivity contribution in [3.05, 3.63) is 71.0 Å². The van der Waals surface area contributed by atoms with E-state index in [-0.39, 0.29) is 19.8 Å². The van der Waals surface area contributed by atoms with E-state index in [1.165, 1.54) is 12.4 Å². The Morgan fingerprint density at radius 1 is 0.692 bits per heavy atom. The highest BCUT2D eigenvalue weighted by atomic mass is 16.4. The third kappa shape index (κ3) is 4.37. The van der Waals surface area contributed by atoms with Crippen LogP contribution in [0.4, 0.5) is 0 Å². The van der Waals surface area contributed by atoms with Crippen LogP contribution in [0.15, 0.2) is 59.6 Å². The normalized spacial score (nSPS) is 12.2. The highest BCUT2D eigenvalue weighted by molar-refractivity contribution is 5.77. The van der Waals surface area contributed by atoms with Gasteiger partial charge in [0, 0.05) is 0 Å². The maximum absolute atomic E-state index is 9.16. The minimum Gasteiger partial charge on any atom is -0.459 e. The van der Waals surface area contributed by atoms with Crippen molar-refractivity contribution in [2.75, 3.05) is 0 Å². The first kappa shape index (κ1) is 17.9. The molecule has 0 saturated heterocycles. The molecule has 0 atom stereocenters. The average molecular weight is 358 g/mol. The largest absolute Gasteiger partial charge is 0.459 e. The SMILES string of the molecule is OCc1ccc(/C=N/C(/N=C/c2ccc(CO)o2)c2ccc(CO)o2)o1. The molecule has 0 aliphatic rings. The number of aliphatic hydroxyl groups excluding tert-OH is 3. The summed E-state index contributed by atoms with van der Waals surface area (Å²) < 4.78 is 16.2. The van der Waals surface area contributed by atoms with E-state index in [0.717, 1.165) is 0 Å². The highest BCUT2D eigenvalue weighted by Gasteiger charge is 2.13. The number of nitrogens with zero attached hydrogens (tertiary/aromatic N) is 2. The summed E-state index contributed by atoms with van der Waals surface area (Å²) >= 11 is 0. The fourth-order valence-corrected chi connectivity index (χ4v) is 2.19. The minimum absolute atomic E-state index is 0.195. The molecule has 8 nitrogen and oxygen atoms in total. The van der Waals surface area contributed by atoms with Gasteiger partial charge in [-0.15, -0.1) is 0 Å². The molecule has 0 aromatic carbocycles. The van der Waals surface area contributed by atoms with E-state index in [1.807, 2.05) is 0 Å². The van der Waals surface area contributed by atoms with Crippen LogP contribution < -0.4 is 0 Å². The lowest BCUT2D eigenvalue weighted by Crippen LogP contribution is -1.93. The zero-order valence-corrected chi connectivity index (χ0v) is 13.8. The molecular formula is C18H18N2O6. The number of hydrogen-bond acceptors (Lipinski definition) is 8. The highest BCUT2D eigenvalue weighted by Crippen LogP contribution is 2.22. The van der Waals surface area contributed by atoms with Gasteiger partial charge in [0.05, 0.1) is 12.4 Å². The Bertz CT molecular complexity index is 837. The topological polar surface area (TPSA) is 125 Å². The van der Waals surface area contributed by atoms with Crippen molar-refractivity contribution >= 4 is 12.4 Å². The second kappa shape index (κ2) is 8.43. The lowest BCUT2D eigenvalue weighted by Gasteiger charge is -2.03. The molecule has 0 bridgehead atoms. The second-order valence-corrected chi connectivity index (χ2v) is 5.32. The molecule has 0 aliphatic heterocycles. The van der Waals surface area contributed by atoms with Crippen molar-refractivity contribution < 1.29 is 28.6 Å². The van der Waals surface area contributed by atoms with Gasteiger partial charge < -0.3 is 28.6 Å². The van der Waals surface area contributed by atoms with Crippen LogP contribution in [-0.4, -0.2) is 27.7 Å². The lowest BCUT2D eigenvalue weighted by atomic mass is 10.3. The quantitative estimate of drug-likeness (QED) is 0.530. The van der Waals surface area contributed by atoms with Crippen LogP contribution in [0.3, 0.4) is 0 Å². The Kier molecular flexibility index (Phi) is 5.80. The molecule has 0 unspecified atom stereocenters. The van der Waals surface area contributed by atoms with Crippen molar-refractivity contribution in [1.82, 2.24) is 0 Å². The van der Waals surface area contributed by atoms with E-state index in [9.17, 15) is 0 Å². The molecule has 0 spiro atoms. The van der Waals surface area contributed by atoms with Crippen molar-refractivity contribution in [3.8, 4) is 0 Å². The van der Waals surface area contributed by atoms with E-state index in [0.29, 0.717) is 34.6 Å². The molecule has 0 aliphatic carbocycles. The monoisotopic (exact) mass is 358 g/mol. The third-order valence-corrected chi connectivity index (χ3v) is 3.46. The van der Waals surface area contributed by atoms with Gasteiger partial charge in [-0.3, -0.25) is 9.98 Å². The first-order valence-electron chi connectivity index (χ1n) is 7.86. The lowest BCUT2D eigenvalue weighted by molar-refractivity contribution is 0.241. The summed E-state index contributed by atoms with van der Waals surface area (Å²) in [5.74, 6) is 2.62. The van der Waals surface area contributed by atoms with Gasteiger partial charge in [-0.2, -0.15) is 0 Å². The van der Waals surface area contributed by atoms with Crippen LogP contribution in [0, 0.1) is 0 Å². The molecule has 0 fully saturated rings. The first-order valence-corrected chi connectivity index (χ1v) is 7.86. The van der Waals surface area contributed by atoms with Crippen LogP contribution in [0.5, 0.6) is 0 Å². The molecule has 8 heteroatoms. The van der Waals surface area contributed by atoms with E-state index >= 15 is 0 Å². The van der Waals surface area contributed by atoms with Gasteiger partial charge in [-0.25, -0.2) is 0 Å². The van der Waals surface area contributed by atoms with Gasteiger partial charge in [0.25, 0.3) is 0 Å². The summed E-state index contributed by atoms with van der Waals surface area (Å²) in [6.07, 6.45) is 2.23. The number of hydrogen-bond donors (Lipinski definition) is 3. The van der Waals surface area contributed by atoms with Gasteiger partial charge in [0.15, 0.2) is 11.9 Å². The van der Waals surface area contributed by atoms with E-state index < -0.39 is 6.17 Å². The predicted octanol–water partition coefficient (Wildman–Crippen LogP) is 2.18. The smallest absolute Gasteiger partial charge is 0.197 e. The summed E-state index contributed by atoms with van der Waals surface area (Å²) in [5, 5.41) is 27.2.